The van der Waals surface area contributed by atoms with Crippen LogP contribution in [-0.2, 0) is 25.2 Å². The third-order valence-corrected chi connectivity index (χ3v) is 9.81. The number of nitriles is 2. The molecule has 0 spiro atoms. The number of para-hydroxylation sites is 1. The van der Waals surface area contributed by atoms with Gasteiger partial charge in [-0.25, -0.2) is 13.2 Å². The first-order valence-electron chi connectivity index (χ1n) is 14.7. The third kappa shape index (κ3) is 5.37. The van der Waals surface area contributed by atoms with Gasteiger partial charge in [0.15, 0.2) is 0 Å². The first-order valence-corrected chi connectivity index (χ1v) is 16.2. The van der Waals surface area contributed by atoms with Crippen molar-refractivity contribution in [2.75, 3.05) is 42.0 Å². The molecule has 1 aromatic heterocycles. The Morgan fingerprint density at radius 2 is 1.55 bits per heavy atom. The van der Waals surface area contributed by atoms with Gasteiger partial charge in [-0.05, 0) is 67.6 Å². The first-order chi connectivity index (χ1) is 22.7. The summed E-state index contributed by atoms with van der Waals surface area (Å²) in [7, 11) is -4.61. The number of nitrogens with zero attached hydrogens (tertiary/aromatic N) is 6. The molecule has 236 valence electrons. The van der Waals surface area contributed by atoms with Crippen LogP contribution in [-0.4, -0.2) is 63.1 Å². The van der Waals surface area contributed by atoms with Gasteiger partial charge in [0.2, 0.25) is 5.60 Å². The van der Waals surface area contributed by atoms with E-state index < -0.39 is 27.6 Å². The molecule has 2 aliphatic heterocycles. The largest absolute Gasteiger partial charge is 0.493 e. The lowest BCUT2D eigenvalue weighted by Crippen LogP contribution is -2.53. The number of hydrogen-bond acceptors (Lipinski definition) is 10. The Kier molecular flexibility index (Phi) is 8.24. The van der Waals surface area contributed by atoms with Crippen LogP contribution < -0.4 is 13.9 Å². The molecule has 0 bridgehead atoms. The number of fused-ring (bicyclic) bond motifs is 1. The van der Waals surface area contributed by atoms with Crippen LogP contribution in [0, 0.1) is 22.7 Å². The number of sulfonamides is 1. The fourth-order valence-electron chi connectivity index (χ4n) is 5.83. The minimum absolute atomic E-state index is 0.00491. The fourth-order valence-corrected chi connectivity index (χ4v) is 7.28. The van der Waals surface area contributed by atoms with E-state index in [1.807, 2.05) is 24.3 Å². The smallest absolute Gasteiger partial charge is 0.411 e. The number of carbonyl (C=O) groups is 2. The summed E-state index contributed by atoms with van der Waals surface area (Å²) in [4.78, 5) is 36.3. The Labute approximate surface area is 271 Å². The molecule has 3 aromatic carbocycles. The lowest BCUT2D eigenvalue weighted by atomic mass is 9.85. The van der Waals surface area contributed by atoms with E-state index in [1.165, 1.54) is 53.4 Å². The van der Waals surface area contributed by atoms with Crippen molar-refractivity contribution >= 4 is 33.4 Å². The summed E-state index contributed by atoms with van der Waals surface area (Å²) in [5.41, 5.74) is -1.03. The molecule has 0 saturated carbocycles. The number of benzene rings is 3. The number of hydrogen-bond donors (Lipinski definition) is 0. The second-order valence-corrected chi connectivity index (χ2v) is 12.5. The van der Waals surface area contributed by atoms with Crippen molar-refractivity contribution in [3.63, 3.8) is 0 Å². The van der Waals surface area contributed by atoms with E-state index in [2.05, 4.69) is 9.88 Å². The van der Waals surface area contributed by atoms with E-state index in [9.17, 15) is 28.5 Å². The van der Waals surface area contributed by atoms with Crippen molar-refractivity contribution in [3.05, 3.63) is 114 Å². The molecule has 1 saturated heterocycles. The molecule has 0 N–H and O–H groups in total. The molecule has 2 aliphatic rings. The normalized spacial score (nSPS) is 17.4. The van der Waals surface area contributed by atoms with Gasteiger partial charge in [0.25, 0.3) is 15.9 Å². The predicted molar refractivity (Wildman–Crippen MR) is 170 cm³/mol. The van der Waals surface area contributed by atoms with Crippen LogP contribution in [0.4, 0.5) is 16.2 Å². The van der Waals surface area contributed by atoms with E-state index in [1.54, 1.807) is 37.5 Å². The third-order valence-electron chi connectivity index (χ3n) is 8.10. The van der Waals surface area contributed by atoms with Crippen LogP contribution in [0.15, 0.2) is 96.2 Å². The number of amides is 2. The Morgan fingerprint density at radius 1 is 0.894 bits per heavy atom. The molecule has 12 nitrogen and oxygen atoms in total. The summed E-state index contributed by atoms with van der Waals surface area (Å²) in [5.74, 6) is -0.882. The van der Waals surface area contributed by atoms with Crippen LogP contribution in [0.2, 0.25) is 0 Å². The van der Waals surface area contributed by atoms with Gasteiger partial charge in [-0.1, -0.05) is 18.2 Å². The van der Waals surface area contributed by atoms with Gasteiger partial charge in [0.05, 0.1) is 46.0 Å². The molecule has 4 aromatic rings. The van der Waals surface area contributed by atoms with E-state index in [-0.39, 0.29) is 58.3 Å². The molecule has 2 amide bonds. The molecule has 13 heteroatoms. The highest BCUT2D eigenvalue weighted by Gasteiger charge is 2.61. The highest BCUT2D eigenvalue weighted by atomic mass is 32.2. The average molecular weight is 649 g/mol. The lowest BCUT2D eigenvalue weighted by Gasteiger charge is -2.38. The maximum Gasteiger partial charge on any atom is 0.411 e. The summed E-state index contributed by atoms with van der Waals surface area (Å²) in [5, 5.41) is 19.1. The lowest BCUT2D eigenvalue weighted by molar-refractivity contribution is -0.132. The molecular formula is C34H28N6O6S. The molecule has 1 atom stereocenters. The van der Waals surface area contributed by atoms with Gasteiger partial charge in [0.1, 0.15) is 5.75 Å². The Hall–Kier alpha value is -5.92. The maximum absolute atomic E-state index is 14.9. The Bertz CT molecular complexity index is 2030. The number of ether oxygens (including phenoxy) is 2. The minimum Gasteiger partial charge on any atom is -0.493 e. The number of piperazine rings is 1. The van der Waals surface area contributed by atoms with Gasteiger partial charge in [0, 0.05) is 49.8 Å². The van der Waals surface area contributed by atoms with Gasteiger partial charge < -0.3 is 19.3 Å². The summed E-state index contributed by atoms with van der Waals surface area (Å²) < 4.78 is 41.2. The number of pyridine rings is 1. The SMILES string of the molecule is CCOc1ccccc1C1(OC(=O)N2CCN(c3ccncc3)CC2)C(=O)N(S(=O)(=O)c2ccc(C#N)cc2)c2ccc(C#N)cc21. The van der Waals surface area contributed by atoms with Crippen molar-refractivity contribution in [3.8, 4) is 17.9 Å². The van der Waals surface area contributed by atoms with E-state index in [4.69, 9.17) is 9.47 Å². The summed E-state index contributed by atoms with van der Waals surface area (Å²) in [6, 6.07) is 23.4. The second kappa shape index (κ2) is 12.5. The molecule has 47 heavy (non-hydrogen) atoms. The monoisotopic (exact) mass is 648 g/mol. The number of carbonyl (C=O) groups excluding carboxylic acids is 2. The highest BCUT2D eigenvalue weighted by molar-refractivity contribution is 7.93. The highest BCUT2D eigenvalue weighted by Crippen LogP contribution is 2.52. The number of anilines is 2. The molecule has 3 heterocycles. The average Bonchev–Trinajstić information content (AvgIpc) is 3.36. The standard InChI is InChI=1S/C34H28N6O6S/c1-2-45-31-6-4-3-5-28(31)34(46-33(42)39-19-17-38(18-20-39)26-13-15-37-16-14-26)29-21-25(23-36)9-12-30(29)40(32(34)41)47(43,44)27-10-7-24(22-35)8-11-27/h3-16,21H,2,17-20H2,1H3. The van der Waals surface area contributed by atoms with Crippen molar-refractivity contribution < 1.29 is 27.5 Å². The predicted octanol–water partition coefficient (Wildman–Crippen LogP) is 4.16. The first kappa shape index (κ1) is 31.1. The van der Waals surface area contributed by atoms with Crippen LogP contribution in [0.25, 0.3) is 0 Å². The Balaban J connectivity index is 1.48. The number of aromatic nitrogens is 1. The Morgan fingerprint density at radius 3 is 2.21 bits per heavy atom. The van der Waals surface area contributed by atoms with E-state index >= 15 is 0 Å². The van der Waals surface area contributed by atoms with Gasteiger partial charge >= 0.3 is 6.09 Å². The fraction of sp³-hybridized carbons (Fsp3) is 0.206. The molecule has 6 rings (SSSR count). The van der Waals surface area contributed by atoms with Gasteiger partial charge in [-0.15, -0.1) is 0 Å². The van der Waals surface area contributed by atoms with Crippen LogP contribution in [0.5, 0.6) is 5.75 Å². The van der Waals surface area contributed by atoms with E-state index in [0.29, 0.717) is 17.4 Å². The number of rotatable bonds is 7. The van der Waals surface area contributed by atoms with E-state index in [0.717, 1.165) is 5.69 Å². The zero-order valence-corrected chi connectivity index (χ0v) is 26.1. The summed E-state index contributed by atoms with van der Waals surface area (Å²) in [6.07, 6.45) is 2.53. The maximum atomic E-state index is 14.9. The zero-order chi connectivity index (χ0) is 33.2. The zero-order valence-electron chi connectivity index (χ0n) is 25.2. The van der Waals surface area contributed by atoms with Crippen LogP contribution in [0.1, 0.15) is 29.2 Å². The quantitative estimate of drug-likeness (QED) is 0.285. The molecule has 1 fully saturated rings. The van der Waals surface area contributed by atoms with Crippen molar-refractivity contribution in [2.45, 2.75) is 17.4 Å². The van der Waals surface area contributed by atoms with Crippen molar-refractivity contribution in [1.82, 2.24) is 9.88 Å². The van der Waals surface area contributed by atoms with Gasteiger partial charge in [-0.2, -0.15) is 14.8 Å². The second-order valence-electron chi connectivity index (χ2n) is 10.7. The molecular weight excluding hydrogens is 620 g/mol. The molecule has 0 aliphatic carbocycles. The summed E-state index contributed by atoms with van der Waals surface area (Å²) >= 11 is 0. The molecule has 1 unspecified atom stereocenters. The van der Waals surface area contributed by atoms with Crippen molar-refractivity contribution in [2.24, 2.45) is 0 Å². The van der Waals surface area contributed by atoms with Crippen LogP contribution in [0.3, 0.4) is 0 Å². The van der Waals surface area contributed by atoms with Crippen LogP contribution >= 0.6 is 0 Å². The topological polar surface area (TPSA) is 157 Å². The van der Waals surface area contributed by atoms with Gasteiger partial charge in [-0.3, -0.25) is 9.78 Å². The van der Waals surface area contributed by atoms with Crippen molar-refractivity contribution in [1.29, 1.82) is 10.5 Å². The minimum atomic E-state index is -4.61. The molecule has 0 radical (unpaired) electrons. The summed E-state index contributed by atoms with van der Waals surface area (Å²) in [6.45, 7) is 3.42.